The van der Waals surface area contributed by atoms with Crippen LogP contribution in [0.3, 0.4) is 0 Å². The van der Waals surface area contributed by atoms with Crippen LogP contribution in [-0.4, -0.2) is 17.3 Å². The van der Waals surface area contributed by atoms with Crippen molar-refractivity contribution < 1.29 is 9.72 Å². The predicted octanol–water partition coefficient (Wildman–Crippen LogP) is 3.85. The van der Waals surface area contributed by atoms with Gasteiger partial charge in [0.1, 0.15) is 0 Å². The van der Waals surface area contributed by atoms with E-state index in [1.807, 2.05) is 19.1 Å². The smallest absolute Gasteiger partial charge is 0.270 e. The van der Waals surface area contributed by atoms with Crippen molar-refractivity contribution in [3.63, 3.8) is 0 Å². The largest absolute Gasteiger partial charge is 0.378 e. The van der Waals surface area contributed by atoms with Gasteiger partial charge in [0, 0.05) is 28.4 Å². The normalized spacial score (nSPS) is 10.2. The van der Waals surface area contributed by atoms with E-state index in [1.165, 1.54) is 18.2 Å². The molecule has 0 aliphatic carbocycles. The number of benzene rings is 2. The highest BCUT2D eigenvalue weighted by atomic mass is 35.5. The minimum absolute atomic E-state index is 0.0422. The third-order valence-corrected chi connectivity index (χ3v) is 3.41. The average molecular weight is 305 g/mol. The number of rotatable bonds is 5. The van der Waals surface area contributed by atoms with Crippen molar-refractivity contribution >= 4 is 28.8 Å². The predicted molar refractivity (Wildman–Crippen MR) is 82.1 cm³/mol. The molecule has 5 nitrogen and oxygen atoms in total. The second-order valence-electron chi connectivity index (χ2n) is 4.55. The summed E-state index contributed by atoms with van der Waals surface area (Å²) in [7, 11) is 0. The van der Waals surface area contributed by atoms with Gasteiger partial charge in [-0.3, -0.25) is 14.9 Å². The molecule has 0 aliphatic rings. The number of hydrogen-bond acceptors (Lipinski definition) is 4. The summed E-state index contributed by atoms with van der Waals surface area (Å²) in [5, 5.41) is 14.3. The van der Waals surface area contributed by atoms with E-state index in [2.05, 4.69) is 5.32 Å². The molecule has 1 N–H and O–H groups in total. The SMILES string of the molecule is Cc1ccc(NCC(=O)c2cccc([N+](=O)[O-])c2)cc1Cl. The van der Waals surface area contributed by atoms with Gasteiger partial charge in [-0.2, -0.15) is 0 Å². The van der Waals surface area contributed by atoms with Gasteiger partial charge in [0.15, 0.2) is 5.78 Å². The number of anilines is 1. The summed E-state index contributed by atoms with van der Waals surface area (Å²) in [5.41, 5.74) is 1.88. The quantitative estimate of drug-likeness (QED) is 0.517. The zero-order chi connectivity index (χ0) is 15.4. The van der Waals surface area contributed by atoms with Gasteiger partial charge in [0.25, 0.3) is 5.69 Å². The molecule has 0 bridgehead atoms. The van der Waals surface area contributed by atoms with Crippen LogP contribution in [-0.2, 0) is 0 Å². The lowest BCUT2D eigenvalue weighted by Crippen LogP contribution is -2.14. The molecule has 0 aromatic heterocycles. The van der Waals surface area contributed by atoms with E-state index in [1.54, 1.807) is 12.1 Å². The first-order valence-electron chi connectivity index (χ1n) is 6.25. The molecule has 21 heavy (non-hydrogen) atoms. The number of aryl methyl sites for hydroxylation is 1. The maximum Gasteiger partial charge on any atom is 0.270 e. The number of halogens is 1. The van der Waals surface area contributed by atoms with Crippen molar-refractivity contribution in [3.8, 4) is 0 Å². The highest BCUT2D eigenvalue weighted by Gasteiger charge is 2.11. The Morgan fingerprint density at radius 1 is 1.29 bits per heavy atom. The second kappa shape index (κ2) is 6.37. The first-order chi connectivity index (χ1) is 9.97. The lowest BCUT2D eigenvalue weighted by molar-refractivity contribution is -0.384. The lowest BCUT2D eigenvalue weighted by Gasteiger charge is -2.07. The maximum absolute atomic E-state index is 12.0. The van der Waals surface area contributed by atoms with Crippen LogP contribution >= 0.6 is 11.6 Å². The molecule has 6 heteroatoms. The number of nitro groups is 1. The Morgan fingerprint density at radius 3 is 2.71 bits per heavy atom. The topological polar surface area (TPSA) is 72.2 Å². The Balaban J connectivity index is 2.06. The maximum atomic E-state index is 12.0. The standard InChI is InChI=1S/C15H13ClN2O3/c1-10-5-6-12(8-14(10)16)17-9-15(19)11-3-2-4-13(7-11)18(20)21/h2-8,17H,9H2,1H3. The van der Waals surface area contributed by atoms with Crippen molar-refractivity contribution in [2.75, 3.05) is 11.9 Å². The summed E-state index contributed by atoms with van der Waals surface area (Å²) in [6.45, 7) is 1.93. The second-order valence-corrected chi connectivity index (χ2v) is 4.96. The van der Waals surface area contributed by atoms with Gasteiger partial charge in [0.2, 0.25) is 0 Å². The summed E-state index contributed by atoms with van der Waals surface area (Å²) in [6.07, 6.45) is 0. The minimum atomic E-state index is -0.524. The van der Waals surface area contributed by atoms with Crippen LogP contribution in [0.5, 0.6) is 0 Å². The highest BCUT2D eigenvalue weighted by Crippen LogP contribution is 2.20. The van der Waals surface area contributed by atoms with Crippen LogP contribution < -0.4 is 5.32 Å². The van der Waals surface area contributed by atoms with Crippen molar-refractivity contribution in [3.05, 3.63) is 68.7 Å². The lowest BCUT2D eigenvalue weighted by atomic mass is 10.1. The molecule has 2 aromatic rings. The number of nitrogens with zero attached hydrogens (tertiary/aromatic N) is 1. The average Bonchev–Trinajstić information content (AvgIpc) is 2.48. The van der Waals surface area contributed by atoms with Crippen LogP contribution in [0.25, 0.3) is 0 Å². The van der Waals surface area contributed by atoms with Crippen molar-refractivity contribution in [1.29, 1.82) is 0 Å². The third-order valence-electron chi connectivity index (χ3n) is 3.00. The number of nitro benzene ring substituents is 1. The van der Waals surface area contributed by atoms with E-state index in [-0.39, 0.29) is 18.0 Å². The van der Waals surface area contributed by atoms with Crippen LogP contribution in [0.4, 0.5) is 11.4 Å². The summed E-state index contributed by atoms with van der Waals surface area (Å²) in [4.78, 5) is 22.2. The van der Waals surface area contributed by atoms with E-state index in [0.717, 1.165) is 11.3 Å². The van der Waals surface area contributed by atoms with Crippen LogP contribution in [0.1, 0.15) is 15.9 Å². The monoisotopic (exact) mass is 304 g/mol. The molecule has 2 aromatic carbocycles. The van der Waals surface area contributed by atoms with E-state index < -0.39 is 4.92 Å². The molecule has 0 radical (unpaired) electrons. The fraction of sp³-hybridized carbons (Fsp3) is 0.133. The highest BCUT2D eigenvalue weighted by molar-refractivity contribution is 6.31. The van der Waals surface area contributed by atoms with Gasteiger partial charge < -0.3 is 5.32 Å². The first-order valence-corrected chi connectivity index (χ1v) is 6.63. The number of nitrogens with one attached hydrogen (secondary N) is 1. The zero-order valence-electron chi connectivity index (χ0n) is 11.3. The zero-order valence-corrected chi connectivity index (χ0v) is 12.1. The number of carbonyl (C=O) groups excluding carboxylic acids is 1. The molecule has 0 heterocycles. The molecule has 0 atom stereocenters. The van der Waals surface area contributed by atoms with Gasteiger partial charge in [-0.25, -0.2) is 0 Å². The van der Waals surface area contributed by atoms with Crippen molar-refractivity contribution in [2.45, 2.75) is 6.92 Å². The first kappa shape index (κ1) is 15.0. The van der Waals surface area contributed by atoms with Crippen LogP contribution in [0, 0.1) is 17.0 Å². The number of hydrogen-bond donors (Lipinski definition) is 1. The summed E-state index contributed by atoms with van der Waals surface area (Å²) >= 11 is 6.00. The molecule has 0 saturated carbocycles. The molecular weight excluding hydrogens is 292 g/mol. The Bertz CT molecular complexity index is 701. The number of non-ortho nitro benzene ring substituents is 1. The molecule has 0 aliphatic heterocycles. The van der Waals surface area contributed by atoms with E-state index >= 15 is 0 Å². The number of ketones is 1. The van der Waals surface area contributed by atoms with Gasteiger partial charge in [-0.15, -0.1) is 0 Å². The number of Topliss-reactive ketones (excluding diaryl/α,β-unsaturated/α-hetero) is 1. The molecular formula is C15H13ClN2O3. The van der Waals surface area contributed by atoms with Gasteiger partial charge in [-0.05, 0) is 24.6 Å². The van der Waals surface area contributed by atoms with Gasteiger partial charge in [-0.1, -0.05) is 29.8 Å². The minimum Gasteiger partial charge on any atom is -0.378 e. The molecule has 0 saturated heterocycles. The summed E-state index contributed by atoms with van der Waals surface area (Å²) < 4.78 is 0. The molecule has 0 unspecified atom stereocenters. The van der Waals surface area contributed by atoms with Crippen molar-refractivity contribution in [2.24, 2.45) is 0 Å². The Kier molecular flexibility index (Phi) is 4.55. The molecule has 0 amide bonds. The Labute approximate surface area is 126 Å². The van der Waals surface area contributed by atoms with Crippen LogP contribution in [0.2, 0.25) is 5.02 Å². The molecule has 0 spiro atoms. The van der Waals surface area contributed by atoms with E-state index in [0.29, 0.717) is 10.6 Å². The van der Waals surface area contributed by atoms with Gasteiger partial charge in [0.05, 0.1) is 11.5 Å². The summed E-state index contributed by atoms with van der Waals surface area (Å²) in [5.74, 6) is -0.226. The molecule has 2 rings (SSSR count). The fourth-order valence-electron chi connectivity index (χ4n) is 1.78. The van der Waals surface area contributed by atoms with Crippen molar-refractivity contribution in [1.82, 2.24) is 0 Å². The fourth-order valence-corrected chi connectivity index (χ4v) is 1.96. The molecule has 0 fully saturated rings. The Hall–Kier alpha value is -2.40. The third kappa shape index (κ3) is 3.79. The number of carbonyl (C=O) groups is 1. The summed E-state index contributed by atoms with van der Waals surface area (Å²) in [6, 6.07) is 11.1. The van der Waals surface area contributed by atoms with Gasteiger partial charge >= 0.3 is 0 Å². The van der Waals surface area contributed by atoms with E-state index in [9.17, 15) is 14.9 Å². The molecule has 108 valence electrons. The van der Waals surface area contributed by atoms with Crippen LogP contribution in [0.15, 0.2) is 42.5 Å². The van der Waals surface area contributed by atoms with E-state index in [4.69, 9.17) is 11.6 Å². The Morgan fingerprint density at radius 2 is 2.05 bits per heavy atom.